The number of likely N-dealkylation sites (N-methyl/N-ethyl adjacent to an activating group) is 1. The highest BCUT2D eigenvalue weighted by Crippen LogP contribution is 2.29. The van der Waals surface area contributed by atoms with Gasteiger partial charge in [0.15, 0.2) is 0 Å². The van der Waals surface area contributed by atoms with Gasteiger partial charge in [-0.25, -0.2) is 4.39 Å². The Hall–Kier alpha value is -0.970. The molecule has 2 rings (SSSR count). The molecule has 0 bridgehead atoms. The Kier molecular flexibility index (Phi) is 5.13. The van der Waals surface area contributed by atoms with E-state index in [0.717, 1.165) is 25.9 Å². The van der Waals surface area contributed by atoms with Crippen LogP contribution in [0.4, 0.5) is 4.39 Å². The second-order valence-electron chi connectivity index (χ2n) is 6.03. The lowest BCUT2D eigenvalue weighted by Crippen LogP contribution is -2.47. The van der Waals surface area contributed by atoms with Gasteiger partial charge < -0.3 is 10.6 Å². The predicted octanol–water partition coefficient (Wildman–Crippen LogP) is 2.24. The van der Waals surface area contributed by atoms with Crippen molar-refractivity contribution in [3.63, 3.8) is 0 Å². The van der Waals surface area contributed by atoms with Crippen LogP contribution in [0, 0.1) is 5.82 Å². The zero-order valence-electron chi connectivity index (χ0n) is 12.7. The van der Waals surface area contributed by atoms with Gasteiger partial charge in [0, 0.05) is 17.6 Å². The minimum Gasteiger partial charge on any atom is -0.326 e. The molecule has 0 aromatic heterocycles. The van der Waals surface area contributed by atoms with E-state index in [4.69, 9.17) is 5.73 Å². The van der Waals surface area contributed by atoms with E-state index in [1.807, 2.05) is 19.1 Å². The molecule has 2 N–H and O–H groups in total. The number of rotatable bonds is 4. The molecule has 1 aromatic carbocycles. The molecule has 1 heterocycles. The zero-order chi connectivity index (χ0) is 14.7. The Morgan fingerprint density at radius 1 is 1.30 bits per heavy atom. The van der Waals surface area contributed by atoms with Crippen LogP contribution in [-0.4, -0.2) is 49.1 Å². The van der Waals surface area contributed by atoms with Crippen molar-refractivity contribution in [1.82, 2.24) is 9.80 Å². The minimum atomic E-state index is -0.158. The van der Waals surface area contributed by atoms with Crippen molar-refractivity contribution < 1.29 is 4.39 Å². The van der Waals surface area contributed by atoms with Crippen molar-refractivity contribution in [3.05, 3.63) is 35.6 Å². The Bertz CT molecular complexity index is 427. The molecule has 0 saturated carbocycles. The fourth-order valence-corrected chi connectivity index (χ4v) is 3.22. The van der Waals surface area contributed by atoms with Crippen LogP contribution < -0.4 is 5.73 Å². The van der Waals surface area contributed by atoms with Crippen molar-refractivity contribution in [2.45, 2.75) is 37.9 Å². The van der Waals surface area contributed by atoms with Crippen molar-refractivity contribution in [2.24, 2.45) is 5.73 Å². The molecule has 1 aliphatic heterocycles. The topological polar surface area (TPSA) is 32.5 Å². The third-order valence-electron chi connectivity index (χ3n) is 4.42. The van der Waals surface area contributed by atoms with Gasteiger partial charge in [0.1, 0.15) is 5.82 Å². The van der Waals surface area contributed by atoms with E-state index in [2.05, 4.69) is 23.9 Å². The van der Waals surface area contributed by atoms with E-state index < -0.39 is 0 Å². The fourth-order valence-electron chi connectivity index (χ4n) is 3.22. The molecule has 1 saturated heterocycles. The molecule has 2 atom stereocenters. The number of halogens is 1. The summed E-state index contributed by atoms with van der Waals surface area (Å²) in [4.78, 5) is 4.62. The van der Waals surface area contributed by atoms with Gasteiger partial charge in [-0.05, 0) is 53.0 Å². The first kappa shape index (κ1) is 15.4. The molecule has 3 nitrogen and oxygen atoms in total. The van der Waals surface area contributed by atoms with Gasteiger partial charge in [0.2, 0.25) is 0 Å². The molecule has 112 valence electrons. The Balaban J connectivity index is 2.18. The van der Waals surface area contributed by atoms with E-state index in [-0.39, 0.29) is 17.9 Å². The molecule has 1 aliphatic rings. The highest BCUT2D eigenvalue weighted by Gasteiger charge is 2.30. The first-order chi connectivity index (χ1) is 9.50. The summed E-state index contributed by atoms with van der Waals surface area (Å²) in [7, 11) is 4.23. The van der Waals surface area contributed by atoms with Crippen LogP contribution in [0.15, 0.2) is 24.3 Å². The maximum absolute atomic E-state index is 14.1. The first-order valence-electron chi connectivity index (χ1n) is 7.41. The van der Waals surface area contributed by atoms with E-state index in [1.54, 1.807) is 6.07 Å². The van der Waals surface area contributed by atoms with Crippen LogP contribution in [0.2, 0.25) is 0 Å². The zero-order valence-corrected chi connectivity index (χ0v) is 12.7. The molecule has 0 amide bonds. The van der Waals surface area contributed by atoms with Gasteiger partial charge in [-0.15, -0.1) is 0 Å². The molecule has 4 heteroatoms. The Morgan fingerprint density at radius 3 is 2.45 bits per heavy atom. The number of nitrogens with zero attached hydrogens (tertiary/aromatic N) is 2. The Labute approximate surface area is 121 Å². The van der Waals surface area contributed by atoms with Gasteiger partial charge in [-0.3, -0.25) is 4.90 Å². The van der Waals surface area contributed by atoms with E-state index in [1.165, 1.54) is 6.07 Å². The number of likely N-dealkylation sites (tertiary alicyclic amines) is 1. The lowest BCUT2D eigenvalue weighted by Gasteiger charge is -2.41. The maximum atomic E-state index is 14.1. The summed E-state index contributed by atoms with van der Waals surface area (Å²) in [6.07, 6.45) is 2.23. The monoisotopic (exact) mass is 279 g/mol. The number of hydrogen-bond acceptors (Lipinski definition) is 3. The van der Waals surface area contributed by atoms with Crippen LogP contribution in [0.1, 0.15) is 31.4 Å². The fraction of sp³-hybridized carbons (Fsp3) is 0.625. The summed E-state index contributed by atoms with van der Waals surface area (Å²) in [5.41, 5.74) is 6.87. The van der Waals surface area contributed by atoms with Crippen molar-refractivity contribution in [3.8, 4) is 0 Å². The van der Waals surface area contributed by atoms with Crippen molar-refractivity contribution >= 4 is 0 Å². The van der Waals surface area contributed by atoms with Gasteiger partial charge in [0.25, 0.3) is 0 Å². The lowest BCUT2D eigenvalue weighted by atomic mass is 9.94. The molecule has 1 aromatic rings. The second-order valence-corrected chi connectivity index (χ2v) is 6.03. The molecule has 20 heavy (non-hydrogen) atoms. The SMILES string of the molecule is CC(N)C(c1ccccc1F)N(C)C1CCN(C)CC1. The largest absolute Gasteiger partial charge is 0.326 e. The highest BCUT2D eigenvalue weighted by atomic mass is 19.1. The second kappa shape index (κ2) is 6.66. The van der Waals surface area contributed by atoms with Crippen molar-refractivity contribution in [1.29, 1.82) is 0 Å². The number of hydrogen-bond donors (Lipinski definition) is 1. The number of piperidine rings is 1. The van der Waals surface area contributed by atoms with E-state index in [9.17, 15) is 4.39 Å². The lowest BCUT2D eigenvalue weighted by molar-refractivity contribution is 0.0952. The van der Waals surface area contributed by atoms with Gasteiger partial charge >= 0.3 is 0 Å². The summed E-state index contributed by atoms with van der Waals surface area (Å²) in [6.45, 7) is 4.15. The highest BCUT2D eigenvalue weighted by molar-refractivity contribution is 5.23. The van der Waals surface area contributed by atoms with Crippen LogP contribution in [0.5, 0.6) is 0 Å². The molecular formula is C16H26FN3. The summed E-state index contributed by atoms with van der Waals surface area (Å²) >= 11 is 0. The molecule has 2 unspecified atom stereocenters. The van der Waals surface area contributed by atoms with E-state index in [0.29, 0.717) is 11.6 Å². The third-order valence-corrected chi connectivity index (χ3v) is 4.42. The van der Waals surface area contributed by atoms with Crippen LogP contribution >= 0.6 is 0 Å². The van der Waals surface area contributed by atoms with E-state index >= 15 is 0 Å². The molecule has 1 fully saturated rings. The molecule has 0 aliphatic carbocycles. The standard InChI is InChI=1S/C16H26FN3/c1-12(18)16(14-6-4-5-7-15(14)17)20(3)13-8-10-19(2)11-9-13/h4-7,12-13,16H,8-11,18H2,1-3H3. The third kappa shape index (κ3) is 3.37. The Morgan fingerprint density at radius 2 is 1.90 bits per heavy atom. The van der Waals surface area contributed by atoms with Crippen molar-refractivity contribution in [2.75, 3.05) is 27.2 Å². The van der Waals surface area contributed by atoms with Crippen LogP contribution in [0.25, 0.3) is 0 Å². The predicted molar refractivity (Wildman–Crippen MR) is 81.1 cm³/mol. The van der Waals surface area contributed by atoms with Crippen LogP contribution in [-0.2, 0) is 0 Å². The average Bonchev–Trinajstić information content (AvgIpc) is 2.41. The van der Waals surface area contributed by atoms with Gasteiger partial charge in [0.05, 0.1) is 6.04 Å². The number of benzene rings is 1. The molecular weight excluding hydrogens is 253 g/mol. The van der Waals surface area contributed by atoms with Gasteiger partial charge in [-0.1, -0.05) is 18.2 Å². The van der Waals surface area contributed by atoms with Gasteiger partial charge in [-0.2, -0.15) is 0 Å². The first-order valence-corrected chi connectivity index (χ1v) is 7.41. The number of nitrogens with two attached hydrogens (primary N) is 1. The summed E-state index contributed by atoms with van der Waals surface area (Å²) < 4.78 is 14.1. The minimum absolute atomic E-state index is 0.0652. The quantitative estimate of drug-likeness (QED) is 0.917. The summed E-state index contributed by atoms with van der Waals surface area (Å²) in [5, 5.41) is 0. The normalized spacial score (nSPS) is 21.1. The summed E-state index contributed by atoms with van der Waals surface area (Å²) in [6, 6.07) is 7.30. The molecule has 0 radical (unpaired) electrons. The maximum Gasteiger partial charge on any atom is 0.128 e. The average molecular weight is 279 g/mol. The van der Waals surface area contributed by atoms with Crippen LogP contribution in [0.3, 0.4) is 0 Å². The molecule has 0 spiro atoms. The smallest absolute Gasteiger partial charge is 0.128 e. The summed E-state index contributed by atoms with van der Waals surface area (Å²) in [5.74, 6) is -0.158.